The molecule has 11 heteroatoms. The minimum atomic E-state index is -4.80. The highest BCUT2D eigenvalue weighted by Crippen LogP contribution is 2.36. The summed E-state index contributed by atoms with van der Waals surface area (Å²) in [6.45, 7) is 2.84. The first-order valence-corrected chi connectivity index (χ1v) is 11.7. The van der Waals surface area contributed by atoms with Crippen LogP contribution in [0.3, 0.4) is 0 Å². The van der Waals surface area contributed by atoms with Crippen molar-refractivity contribution in [3.05, 3.63) is 84.2 Å². The van der Waals surface area contributed by atoms with E-state index in [1.807, 2.05) is 66.4 Å². The number of halogens is 5. The molecule has 1 atom stereocenters. The number of anilines is 2. The summed E-state index contributed by atoms with van der Waals surface area (Å²) in [6.07, 6.45) is -4.80. The smallest absolute Gasteiger partial charge is 0.348 e. The fraction of sp³-hybridized carbons (Fsp3) is 0.222. The maximum Gasteiger partial charge on any atom is 0.418 e. The van der Waals surface area contributed by atoms with Gasteiger partial charge in [0.1, 0.15) is 11.5 Å². The van der Waals surface area contributed by atoms with Crippen LogP contribution in [-0.2, 0) is 6.18 Å². The first kappa shape index (κ1) is 27.1. The van der Waals surface area contributed by atoms with E-state index in [0.29, 0.717) is 18.4 Å². The first-order valence-electron chi connectivity index (χ1n) is 11.7. The van der Waals surface area contributed by atoms with Gasteiger partial charge < -0.3 is 15.1 Å². The van der Waals surface area contributed by atoms with E-state index in [1.54, 1.807) is 0 Å². The number of piperazine rings is 1. The van der Waals surface area contributed by atoms with Crippen LogP contribution in [0.5, 0.6) is 0 Å². The lowest BCUT2D eigenvalue weighted by molar-refractivity contribution is -0.137. The first-order chi connectivity index (χ1) is 17.7. The number of nitrogens with zero attached hydrogens (tertiary/aromatic N) is 4. The van der Waals surface area contributed by atoms with E-state index in [0.717, 1.165) is 34.2 Å². The van der Waals surface area contributed by atoms with E-state index in [2.05, 4.69) is 15.5 Å². The SMILES string of the molecule is C[C@H]1CN(C(=O)Nc2ccc(F)cc2C(F)(F)F)CCN1c1nnc(-c2ccccc2)c2ccccc12.Cl. The maximum absolute atomic E-state index is 13.4. The van der Waals surface area contributed by atoms with Gasteiger partial charge in [0.25, 0.3) is 0 Å². The van der Waals surface area contributed by atoms with Crippen molar-refractivity contribution in [1.82, 2.24) is 15.1 Å². The summed E-state index contributed by atoms with van der Waals surface area (Å²) >= 11 is 0. The van der Waals surface area contributed by atoms with Crippen LogP contribution >= 0.6 is 12.4 Å². The van der Waals surface area contributed by atoms with Gasteiger partial charge in [-0.2, -0.15) is 13.2 Å². The molecule has 1 aliphatic heterocycles. The number of aromatic nitrogens is 2. The molecule has 1 N–H and O–H groups in total. The number of rotatable bonds is 3. The minimum absolute atomic E-state index is 0. The van der Waals surface area contributed by atoms with Gasteiger partial charge in [-0.15, -0.1) is 22.6 Å². The van der Waals surface area contributed by atoms with Crippen molar-refractivity contribution in [3.8, 4) is 11.3 Å². The Morgan fingerprint density at radius 2 is 1.63 bits per heavy atom. The summed E-state index contributed by atoms with van der Waals surface area (Å²) in [6, 6.07) is 18.9. The topological polar surface area (TPSA) is 61.4 Å². The van der Waals surface area contributed by atoms with Crippen LogP contribution in [0.2, 0.25) is 0 Å². The quantitative estimate of drug-likeness (QED) is 0.294. The molecule has 1 fully saturated rings. The Morgan fingerprint density at radius 3 is 2.32 bits per heavy atom. The van der Waals surface area contributed by atoms with E-state index in [9.17, 15) is 22.4 Å². The second kappa shape index (κ2) is 10.8. The number of urea groups is 1. The molecule has 5 rings (SSSR count). The van der Waals surface area contributed by atoms with Gasteiger partial charge in [-0.05, 0) is 25.1 Å². The second-order valence-electron chi connectivity index (χ2n) is 8.89. The summed E-state index contributed by atoms with van der Waals surface area (Å²) < 4.78 is 53.4. The number of carbonyl (C=O) groups excluding carboxylic acids is 1. The number of nitrogens with one attached hydrogen (secondary N) is 1. The average molecular weight is 546 g/mol. The zero-order valence-electron chi connectivity index (χ0n) is 20.2. The Labute approximate surface area is 222 Å². The Kier molecular flexibility index (Phi) is 7.73. The van der Waals surface area contributed by atoms with E-state index in [4.69, 9.17) is 0 Å². The number of alkyl halides is 3. The molecule has 0 aliphatic carbocycles. The molecule has 198 valence electrons. The van der Waals surface area contributed by atoms with Crippen LogP contribution in [0, 0.1) is 5.82 Å². The van der Waals surface area contributed by atoms with E-state index >= 15 is 0 Å². The van der Waals surface area contributed by atoms with Gasteiger partial charge in [-0.1, -0.05) is 54.6 Å². The molecule has 0 bridgehead atoms. The lowest BCUT2D eigenvalue weighted by Gasteiger charge is -2.40. The molecule has 0 saturated carbocycles. The van der Waals surface area contributed by atoms with Crippen LogP contribution < -0.4 is 10.2 Å². The third-order valence-electron chi connectivity index (χ3n) is 6.43. The molecule has 0 spiro atoms. The highest BCUT2D eigenvalue weighted by molar-refractivity contribution is 6.00. The molecular formula is C27H24ClF4N5O. The molecule has 0 radical (unpaired) electrons. The van der Waals surface area contributed by atoms with Gasteiger partial charge in [0.15, 0.2) is 5.82 Å². The Balaban J connectivity index is 0.00000336. The van der Waals surface area contributed by atoms with Crippen molar-refractivity contribution < 1.29 is 22.4 Å². The summed E-state index contributed by atoms with van der Waals surface area (Å²) in [4.78, 5) is 16.3. The lowest BCUT2D eigenvalue weighted by atomic mass is 10.0. The highest BCUT2D eigenvalue weighted by atomic mass is 35.5. The van der Waals surface area contributed by atoms with Crippen LogP contribution in [-0.4, -0.2) is 46.8 Å². The van der Waals surface area contributed by atoms with Crippen LogP contribution in [0.25, 0.3) is 22.0 Å². The van der Waals surface area contributed by atoms with E-state index in [-0.39, 0.29) is 31.5 Å². The molecule has 1 aliphatic rings. The van der Waals surface area contributed by atoms with Gasteiger partial charge >= 0.3 is 12.2 Å². The summed E-state index contributed by atoms with van der Waals surface area (Å²) in [5.74, 6) is -0.347. The van der Waals surface area contributed by atoms with Crippen LogP contribution in [0.1, 0.15) is 12.5 Å². The molecule has 4 aromatic rings. The number of amides is 2. The third-order valence-corrected chi connectivity index (χ3v) is 6.43. The molecule has 0 unspecified atom stereocenters. The molecule has 2 amide bonds. The van der Waals surface area contributed by atoms with E-state index < -0.39 is 29.3 Å². The summed E-state index contributed by atoms with van der Waals surface area (Å²) in [5, 5.41) is 13.2. The number of carbonyl (C=O) groups is 1. The monoisotopic (exact) mass is 545 g/mol. The zero-order chi connectivity index (χ0) is 26.2. The number of benzene rings is 3. The van der Waals surface area contributed by atoms with Gasteiger partial charge in [0, 0.05) is 42.0 Å². The minimum Gasteiger partial charge on any atom is -0.348 e. The molecule has 1 aromatic heterocycles. The normalized spacial score (nSPS) is 15.8. The van der Waals surface area contributed by atoms with Crippen molar-refractivity contribution in [2.24, 2.45) is 0 Å². The molecule has 6 nitrogen and oxygen atoms in total. The van der Waals surface area contributed by atoms with Crippen molar-refractivity contribution in [2.45, 2.75) is 19.1 Å². The molecular weight excluding hydrogens is 522 g/mol. The van der Waals surface area contributed by atoms with E-state index in [1.165, 1.54) is 4.90 Å². The van der Waals surface area contributed by atoms with Crippen molar-refractivity contribution >= 4 is 40.7 Å². The molecule has 1 saturated heterocycles. The number of fused-ring (bicyclic) bond motifs is 1. The zero-order valence-corrected chi connectivity index (χ0v) is 21.1. The number of hydrogen-bond donors (Lipinski definition) is 1. The van der Waals surface area contributed by atoms with Crippen molar-refractivity contribution in [1.29, 1.82) is 0 Å². The van der Waals surface area contributed by atoms with Crippen molar-refractivity contribution in [2.75, 3.05) is 29.9 Å². The largest absolute Gasteiger partial charge is 0.418 e. The predicted octanol–water partition coefficient (Wildman–Crippen LogP) is 6.62. The Bertz CT molecular complexity index is 1450. The van der Waals surface area contributed by atoms with Gasteiger partial charge in [0.2, 0.25) is 0 Å². The molecule has 2 heterocycles. The predicted molar refractivity (Wildman–Crippen MR) is 141 cm³/mol. The lowest BCUT2D eigenvalue weighted by Crippen LogP contribution is -2.55. The standard InChI is InChI=1S/C27H23F4N5O.ClH/c1-17-16-35(26(37)32-23-12-11-19(28)15-22(23)27(29,30)31)13-14-36(17)25-21-10-6-5-9-20(21)24(33-34-25)18-7-3-2-4-8-18;/h2-12,15,17H,13-14,16H2,1H3,(H,32,37);1H/t17-;/m0./s1. The van der Waals surface area contributed by atoms with Crippen molar-refractivity contribution in [3.63, 3.8) is 0 Å². The van der Waals surface area contributed by atoms with Crippen LogP contribution in [0.15, 0.2) is 72.8 Å². The fourth-order valence-electron chi connectivity index (χ4n) is 4.62. The third kappa shape index (κ3) is 5.35. The van der Waals surface area contributed by atoms with Gasteiger partial charge in [-0.25, -0.2) is 9.18 Å². The molecule has 3 aromatic carbocycles. The Morgan fingerprint density at radius 1 is 0.947 bits per heavy atom. The highest BCUT2D eigenvalue weighted by Gasteiger charge is 2.35. The fourth-order valence-corrected chi connectivity index (χ4v) is 4.62. The maximum atomic E-state index is 13.4. The second-order valence-corrected chi connectivity index (χ2v) is 8.89. The van der Waals surface area contributed by atoms with Crippen LogP contribution in [0.4, 0.5) is 33.9 Å². The Hall–Kier alpha value is -3.92. The summed E-state index contributed by atoms with van der Waals surface area (Å²) in [5.41, 5.74) is 0.00632. The average Bonchev–Trinajstić information content (AvgIpc) is 2.89. The van der Waals surface area contributed by atoms with Gasteiger partial charge in [-0.3, -0.25) is 0 Å². The summed E-state index contributed by atoms with van der Waals surface area (Å²) in [7, 11) is 0. The molecule has 38 heavy (non-hydrogen) atoms. The number of hydrogen-bond acceptors (Lipinski definition) is 4. The van der Waals surface area contributed by atoms with Gasteiger partial charge in [0.05, 0.1) is 11.3 Å².